The van der Waals surface area contributed by atoms with Gasteiger partial charge in [0.15, 0.2) is 0 Å². The number of carbonyl (C=O) groups is 1. The summed E-state index contributed by atoms with van der Waals surface area (Å²) in [7, 11) is 0. The van der Waals surface area contributed by atoms with E-state index in [1.807, 2.05) is 36.1 Å². The minimum Gasteiger partial charge on any atom is -0.338 e. The van der Waals surface area contributed by atoms with Crippen LogP contribution >= 0.6 is 0 Å². The van der Waals surface area contributed by atoms with Gasteiger partial charge in [-0.3, -0.25) is 4.79 Å². The van der Waals surface area contributed by atoms with Crippen molar-refractivity contribution in [3.8, 4) is 16.9 Å². The van der Waals surface area contributed by atoms with Crippen LogP contribution in [0.3, 0.4) is 0 Å². The van der Waals surface area contributed by atoms with Gasteiger partial charge in [0.1, 0.15) is 11.5 Å². The molecule has 0 saturated carbocycles. The highest BCUT2D eigenvalue weighted by atomic mass is 19.1. The molecule has 5 heteroatoms. The van der Waals surface area contributed by atoms with Crippen molar-refractivity contribution >= 4 is 5.91 Å². The molecule has 0 unspecified atom stereocenters. The Kier molecular flexibility index (Phi) is 4.82. The zero-order chi connectivity index (χ0) is 19.7. The number of piperidine rings is 1. The van der Waals surface area contributed by atoms with Crippen LogP contribution in [0.15, 0.2) is 66.9 Å². The van der Waals surface area contributed by atoms with E-state index in [2.05, 4.69) is 11.7 Å². The van der Waals surface area contributed by atoms with E-state index in [0.717, 1.165) is 24.0 Å². The van der Waals surface area contributed by atoms with E-state index in [4.69, 9.17) is 0 Å². The fraction of sp³-hybridized carbons (Fsp3) is 0.217. The Balaban J connectivity index is 1.76. The van der Waals surface area contributed by atoms with E-state index >= 15 is 0 Å². The molecule has 3 aromatic rings. The van der Waals surface area contributed by atoms with Gasteiger partial charge in [0.05, 0.1) is 11.3 Å². The molecular weight excluding hydrogens is 353 g/mol. The van der Waals surface area contributed by atoms with E-state index in [1.54, 1.807) is 23.0 Å². The minimum absolute atomic E-state index is 0.0311. The summed E-state index contributed by atoms with van der Waals surface area (Å²) in [5, 5.41) is 4.67. The second kappa shape index (κ2) is 7.43. The molecule has 0 bridgehead atoms. The lowest BCUT2D eigenvalue weighted by molar-refractivity contribution is 0.0744. The van der Waals surface area contributed by atoms with E-state index in [-0.39, 0.29) is 11.7 Å². The van der Waals surface area contributed by atoms with Crippen LogP contribution in [0.1, 0.15) is 28.8 Å². The first-order chi connectivity index (χ1) is 13.5. The molecule has 0 N–H and O–H groups in total. The van der Waals surface area contributed by atoms with Crippen LogP contribution < -0.4 is 0 Å². The van der Waals surface area contributed by atoms with Crippen molar-refractivity contribution < 1.29 is 9.18 Å². The Morgan fingerprint density at radius 3 is 2.32 bits per heavy atom. The first-order valence-electron chi connectivity index (χ1n) is 9.40. The van der Waals surface area contributed by atoms with Crippen molar-refractivity contribution in [3.05, 3.63) is 83.8 Å². The molecule has 0 radical (unpaired) electrons. The molecule has 1 fully saturated rings. The first-order valence-corrected chi connectivity index (χ1v) is 9.40. The van der Waals surface area contributed by atoms with Gasteiger partial charge in [-0.2, -0.15) is 5.10 Å². The highest BCUT2D eigenvalue weighted by Crippen LogP contribution is 2.27. The molecule has 4 nitrogen and oxygen atoms in total. The highest BCUT2D eigenvalue weighted by molar-refractivity contribution is 6.00. The quantitative estimate of drug-likeness (QED) is 0.618. The summed E-state index contributed by atoms with van der Waals surface area (Å²) in [6.45, 7) is 7.39. The molecule has 1 aliphatic rings. The van der Waals surface area contributed by atoms with Crippen molar-refractivity contribution in [2.75, 3.05) is 13.1 Å². The number of carbonyl (C=O) groups excluding carboxylic acids is 1. The average Bonchev–Trinajstić information content (AvgIpc) is 3.14. The molecule has 0 aliphatic carbocycles. The van der Waals surface area contributed by atoms with Gasteiger partial charge in [-0.25, -0.2) is 9.07 Å². The van der Waals surface area contributed by atoms with Gasteiger partial charge in [0, 0.05) is 24.8 Å². The monoisotopic (exact) mass is 375 g/mol. The normalized spacial score (nSPS) is 14.4. The van der Waals surface area contributed by atoms with E-state index in [9.17, 15) is 9.18 Å². The number of hydrogen-bond acceptors (Lipinski definition) is 2. The summed E-state index contributed by atoms with van der Waals surface area (Å²) in [6.07, 6.45) is 3.41. The maximum Gasteiger partial charge on any atom is 0.257 e. The summed E-state index contributed by atoms with van der Waals surface area (Å²) >= 11 is 0. The third-order valence-electron chi connectivity index (χ3n) is 5.12. The third kappa shape index (κ3) is 3.60. The molecule has 28 heavy (non-hydrogen) atoms. The van der Waals surface area contributed by atoms with Gasteiger partial charge in [-0.15, -0.1) is 0 Å². The Morgan fingerprint density at radius 1 is 1.04 bits per heavy atom. The van der Waals surface area contributed by atoms with Gasteiger partial charge in [0.2, 0.25) is 0 Å². The predicted octanol–water partition coefficient (Wildman–Crippen LogP) is 4.78. The zero-order valence-corrected chi connectivity index (χ0v) is 15.9. The predicted molar refractivity (Wildman–Crippen MR) is 108 cm³/mol. The number of aromatic nitrogens is 2. The number of benzene rings is 2. The van der Waals surface area contributed by atoms with Crippen molar-refractivity contribution in [2.45, 2.75) is 19.8 Å². The second-order valence-electron chi connectivity index (χ2n) is 7.22. The molecule has 1 aromatic heterocycles. The van der Waals surface area contributed by atoms with E-state index < -0.39 is 0 Å². The summed E-state index contributed by atoms with van der Waals surface area (Å²) in [6, 6.07) is 14.0. The number of rotatable bonds is 3. The van der Waals surface area contributed by atoms with Crippen LogP contribution in [0, 0.1) is 12.7 Å². The largest absolute Gasteiger partial charge is 0.338 e. The van der Waals surface area contributed by atoms with Crippen LogP contribution in [0.4, 0.5) is 4.39 Å². The van der Waals surface area contributed by atoms with Crippen LogP contribution in [0.25, 0.3) is 16.9 Å². The first kappa shape index (κ1) is 18.2. The molecule has 4 rings (SSSR count). The van der Waals surface area contributed by atoms with Gasteiger partial charge in [-0.1, -0.05) is 42.0 Å². The fourth-order valence-corrected chi connectivity index (χ4v) is 3.38. The Labute approximate surface area is 163 Å². The summed E-state index contributed by atoms with van der Waals surface area (Å²) < 4.78 is 14.9. The second-order valence-corrected chi connectivity index (χ2v) is 7.22. The zero-order valence-electron chi connectivity index (χ0n) is 15.9. The third-order valence-corrected chi connectivity index (χ3v) is 5.12. The molecule has 1 amide bonds. The van der Waals surface area contributed by atoms with Crippen LogP contribution in [0.2, 0.25) is 0 Å². The van der Waals surface area contributed by atoms with E-state index in [0.29, 0.717) is 30.0 Å². The van der Waals surface area contributed by atoms with E-state index in [1.165, 1.54) is 17.7 Å². The Morgan fingerprint density at radius 2 is 1.68 bits per heavy atom. The molecule has 0 spiro atoms. The summed E-state index contributed by atoms with van der Waals surface area (Å²) in [5.41, 5.74) is 5.12. The average molecular weight is 375 g/mol. The number of amides is 1. The maximum atomic E-state index is 13.3. The molecule has 1 saturated heterocycles. The fourth-order valence-electron chi connectivity index (χ4n) is 3.38. The van der Waals surface area contributed by atoms with Crippen molar-refractivity contribution in [1.29, 1.82) is 0 Å². The van der Waals surface area contributed by atoms with Gasteiger partial charge in [0.25, 0.3) is 5.91 Å². The maximum absolute atomic E-state index is 13.3. The SMILES string of the molecule is C=C1CCN(C(=O)c2cn(-c3ccc(F)cc3)nc2-c2ccc(C)cc2)CC1. The van der Waals surface area contributed by atoms with Crippen LogP contribution in [0.5, 0.6) is 0 Å². The molecule has 0 atom stereocenters. The Bertz CT molecular complexity index is 1010. The standard InChI is InChI=1S/C23H22FN3O/c1-16-3-5-18(6-4-16)22-21(23(28)26-13-11-17(2)12-14-26)15-27(25-22)20-9-7-19(24)8-10-20/h3-10,15H,2,11-14H2,1H3. The lowest BCUT2D eigenvalue weighted by atomic mass is 10.0. The number of nitrogens with zero attached hydrogens (tertiary/aromatic N) is 3. The molecule has 2 heterocycles. The minimum atomic E-state index is -0.306. The molecule has 142 valence electrons. The van der Waals surface area contributed by atoms with Crippen molar-refractivity contribution in [1.82, 2.24) is 14.7 Å². The lowest BCUT2D eigenvalue weighted by Gasteiger charge is -2.27. The van der Waals surface area contributed by atoms with Gasteiger partial charge < -0.3 is 4.90 Å². The number of halogens is 1. The lowest BCUT2D eigenvalue weighted by Crippen LogP contribution is -2.36. The smallest absolute Gasteiger partial charge is 0.257 e. The summed E-state index contributed by atoms with van der Waals surface area (Å²) in [4.78, 5) is 15.1. The molecular formula is C23H22FN3O. The van der Waals surface area contributed by atoms with Crippen LogP contribution in [-0.2, 0) is 0 Å². The topological polar surface area (TPSA) is 38.1 Å². The number of likely N-dealkylation sites (tertiary alicyclic amines) is 1. The molecule has 1 aliphatic heterocycles. The number of hydrogen-bond donors (Lipinski definition) is 0. The van der Waals surface area contributed by atoms with Crippen molar-refractivity contribution in [3.63, 3.8) is 0 Å². The summed E-state index contributed by atoms with van der Waals surface area (Å²) in [5.74, 6) is -0.337. The molecule has 2 aromatic carbocycles. The van der Waals surface area contributed by atoms with Crippen LogP contribution in [-0.4, -0.2) is 33.7 Å². The Hall–Kier alpha value is -3.21. The van der Waals surface area contributed by atoms with Crippen molar-refractivity contribution in [2.24, 2.45) is 0 Å². The van der Waals surface area contributed by atoms with Gasteiger partial charge >= 0.3 is 0 Å². The van der Waals surface area contributed by atoms with Gasteiger partial charge in [-0.05, 0) is 44.0 Å². The number of aryl methyl sites for hydroxylation is 1. The highest BCUT2D eigenvalue weighted by Gasteiger charge is 2.25.